The van der Waals surface area contributed by atoms with E-state index in [1.54, 1.807) is 4.52 Å². The van der Waals surface area contributed by atoms with Crippen LogP contribution in [0.15, 0.2) is 18.3 Å². The molecule has 2 rings (SSSR count). The number of hydrogen-bond donors (Lipinski definition) is 2. The molecule has 2 N–H and O–H groups in total. The van der Waals surface area contributed by atoms with Crippen LogP contribution in [0.3, 0.4) is 0 Å². The fourth-order valence-corrected chi connectivity index (χ4v) is 1.94. The highest BCUT2D eigenvalue weighted by Crippen LogP contribution is 2.20. The van der Waals surface area contributed by atoms with Gasteiger partial charge >= 0.3 is 0 Å². The van der Waals surface area contributed by atoms with Crippen molar-refractivity contribution in [2.24, 2.45) is 0 Å². The van der Waals surface area contributed by atoms with E-state index in [1.807, 2.05) is 25.3 Å². The van der Waals surface area contributed by atoms with Crippen LogP contribution in [0.1, 0.15) is 32.3 Å². The Morgan fingerprint density at radius 1 is 1.50 bits per heavy atom. The highest BCUT2D eigenvalue weighted by molar-refractivity contribution is 5.50. The smallest absolute Gasteiger partial charge is 0.243 e. The Balaban J connectivity index is 2.29. The first-order chi connectivity index (χ1) is 8.58. The third-order valence-electron chi connectivity index (χ3n) is 3.41. The summed E-state index contributed by atoms with van der Waals surface area (Å²) in [7, 11) is 0. The molecule has 98 valence electrons. The van der Waals surface area contributed by atoms with E-state index in [0.717, 1.165) is 17.6 Å². The highest BCUT2D eigenvalue weighted by atomic mass is 16.3. The van der Waals surface area contributed by atoms with Crippen LogP contribution in [-0.2, 0) is 0 Å². The number of nitrogens with one attached hydrogen (secondary N) is 1. The minimum absolute atomic E-state index is 0.156. The van der Waals surface area contributed by atoms with Gasteiger partial charge in [0.05, 0.1) is 0 Å². The van der Waals surface area contributed by atoms with Crippen molar-refractivity contribution in [3.8, 4) is 0 Å². The highest BCUT2D eigenvalue weighted by Gasteiger charge is 2.22. The van der Waals surface area contributed by atoms with Crippen LogP contribution in [0.5, 0.6) is 0 Å². The zero-order chi connectivity index (χ0) is 13.2. The number of rotatable bonds is 5. The maximum Gasteiger partial charge on any atom is 0.243 e. The maximum absolute atomic E-state index is 9.11. The maximum atomic E-state index is 9.11. The number of aromatic nitrogens is 3. The first-order valence-corrected chi connectivity index (χ1v) is 6.29. The van der Waals surface area contributed by atoms with Gasteiger partial charge in [-0.3, -0.25) is 0 Å². The van der Waals surface area contributed by atoms with Gasteiger partial charge in [0.25, 0.3) is 0 Å². The molecule has 5 heteroatoms. The summed E-state index contributed by atoms with van der Waals surface area (Å²) in [6, 6.07) is 3.97. The van der Waals surface area contributed by atoms with Gasteiger partial charge in [-0.25, -0.2) is 4.52 Å². The summed E-state index contributed by atoms with van der Waals surface area (Å²) < 4.78 is 1.77. The molecule has 18 heavy (non-hydrogen) atoms. The summed E-state index contributed by atoms with van der Waals surface area (Å²) >= 11 is 0. The number of aliphatic hydroxyl groups is 1. The predicted molar refractivity (Wildman–Crippen MR) is 71.7 cm³/mol. The zero-order valence-corrected chi connectivity index (χ0v) is 11.1. The Kier molecular flexibility index (Phi) is 3.52. The quantitative estimate of drug-likeness (QED) is 0.849. The van der Waals surface area contributed by atoms with Crippen molar-refractivity contribution < 1.29 is 5.11 Å². The second-order valence-electron chi connectivity index (χ2n) is 4.91. The van der Waals surface area contributed by atoms with Crippen molar-refractivity contribution in [3.63, 3.8) is 0 Å². The summed E-state index contributed by atoms with van der Waals surface area (Å²) in [6.45, 7) is 6.33. The number of nitrogens with zero attached hydrogens (tertiary/aromatic N) is 3. The molecule has 1 unspecified atom stereocenters. The number of anilines is 1. The van der Waals surface area contributed by atoms with E-state index in [-0.39, 0.29) is 12.1 Å². The fraction of sp³-hybridized carbons (Fsp3) is 0.538. The molecule has 0 aromatic carbocycles. The summed E-state index contributed by atoms with van der Waals surface area (Å²) in [5, 5.41) is 16.8. The lowest BCUT2D eigenvalue weighted by atomic mass is 9.95. The third-order valence-corrected chi connectivity index (χ3v) is 3.41. The Morgan fingerprint density at radius 2 is 2.28 bits per heavy atom. The first-order valence-electron chi connectivity index (χ1n) is 6.29. The average molecular weight is 248 g/mol. The molecule has 2 aromatic rings. The van der Waals surface area contributed by atoms with E-state index < -0.39 is 0 Å². The summed E-state index contributed by atoms with van der Waals surface area (Å²) in [5.41, 5.74) is 1.79. The molecule has 0 saturated heterocycles. The van der Waals surface area contributed by atoms with Gasteiger partial charge < -0.3 is 10.4 Å². The second-order valence-corrected chi connectivity index (χ2v) is 4.91. The van der Waals surface area contributed by atoms with Crippen molar-refractivity contribution in [1.29, 1.82) is 0 Å². The predicted octanol–water partition coefficient (Wildman–Crippen LogP) is 2.00. The Labute approximate surface area is 107 Å². The molecule has 0 fully saturated rings. The van der Waals surface area contributed by atoms with Gasteiger partial charge in [-0.1, -0.05) is 13.0 Å². The van der Waals surface area contributed by atoms with Crippen molar-refractivity contribution in [2.45, 2.75) is 39.2 Å². The standard InChI is InChI=1S/C13H20N4O/c1-4-13(3,7-9-18)15-12-14-11-10(2)6-5-8-17(11)16-12/h5-6,8,18H,4,7,9H2,1-3H3,(H,15,16). The van der Waals surface area contributed by atoms with Crippen molar-refractivity contribution in [1.82, 2.24) is 14.6 Å². The molecular weight excluding hydrogens is 228 g/mol. The molecule has 0 aliphatic carbocycles. The molecule has 0 aliphatic heterocycles. The fourth-order valence-electron chi connectivity index (χ4n) is 1.94. The van der Waals surface area contributed by atoms with E-state index in [2.05, 4.69) is 29.2 Å². The summed E-state index contributed by atoms with van der Waals surface area (Å²) in [4.78, 5) is 4.49. The molecule has 0 saturated carbocycles. The number of fused-ring (bicyclic) bond motifs is 1. The van der Waals surface area contributed by atoms with Crippen molar-refractivity contribution in [2.75, 3.05) is 11.9 Å². The molecule has 0 bridgehead atoms. The normalized spacial score (nSPS) is 14.7. The molecule has 2 aromatic heterocycles. The Hall–Kier alpha value is -1.62. The molecule has 0 amide bonds. The Morgan fingerprint density at radius 3 is 2.89 bits per heavy atom. The van der Waals surface area contributed by atoms with Gasteiger partial charge in [0.15, 0.2) is 5.65 Å². The van der Waals surface area contributed by atoms with Crippen LogP contribution in [0, 0.1) is 6.92 Å². The minimum Gasteiger partial charge on any atom is -0.396 e. The lowest BCUT2D eigenvalue weighted by Gasteiger charge is -2.28. The molecule has 0 aliphatic rings. The first kappa shape index (κ1) is 12.8. The molecule has 2 heterocycles. The number of aryl methyl sites for hydroxylation is 1. The topological polar surface area (TPSA) is 62.5 Å². The summed E-state index contributed by atoms with van der Waals surface area (Å²) in [5.74, 6) is 0.613. The largest absolute Gasteiger partial charge is 0.396 e. The van der Waals surface area contributed by atoms with Crippen LogP contribution in [0.4, 0.5) is 5.95 Å². The third kappa shape index (κ3) is 2.46. The van der Waals surface area contributed by atoms with E-state index in [0.29, 0.717) is 12.4 Å². The molecule has 5 nitrogen and oxygen atoms in total. The molecule has 1 atom stereocenters. The minimum atomic E-state index is -0.173. The number of hydrogen-bond acceptors (Lipinski definition) is 4. The van der Waals surface area contributed by atoms with Crippen LogP contribution in [0.25, 0.3) is 5.65 Å². The average Bonchev–Trinajstić information content (AvgIpc) is 2.73. The lowest BCUT2D eigenvalue weighted by molar-refractivity contribution is 0.251. The van der Waals surface area contributed by atoms with Crippen LogP contribution < -0.4 is 5.32 Å². The van der Waals surface area contributed by atoms with Crippen LogP contribution in [-0.4, -0.2) is 31.9 Å². The lowest BCUT2D eigenvalue weighted by Crippen LogP contribution is -2.35. The summed E-state index contributed by atoms with van der Waals surface area (Å²) in [6.07, 6.45) is 3.47. The molecule has 0 spiro atoms. The molecule has 0 radical (unpaired) electrons. The zero-order valence-electron chi connectivity index (χ0n) is 11.1. The SMILES string of the molecule is CCC(C)(CCO)Nc1nc2c(C)cccn2n1. The van der Waals surface area contributed by atoms with Gasteiger partial charge in [0.1, 0.15) is 0 Å². The van der Waals surface area contributed by atoms with Crippen molar-refractivity contribution in [3.05, 3.63) is 23.9 Å². The van der Waals surface area contributed by atoms with Gasteiger partial charge in [-0.2, -0.15) is 4.98 Å². The van der Waals surface area contributed by atoms with Crippen LogP contribution in [0.2, 0.25) is 0 Å². The Bertz CT molecular complexity index is 537. The number of aliphatic hydroxyl groups excluding tert-OH is 1. The monoisotopic (exact) mass is 248 g/mol. The van der Waals surface area contributed by atoms with E-state index >= 15 is 0 Å². The second kappa shape index (κ2) is 4.94. The van der Waals surface area contributed by atoms with Gasteiger partial charge in [0.2, 0.25) is 5.95 Å². The van der Waals surface area contributed by atoms with Crippen LogP contribution >= 0.6 is 0 Å². The van der Waals surface area contributed by atoms with E-state index in [9.17, 15) is 0 Å². The van der Waals surface area contributed by atoms with Gasteiger partial charge in [-0.05, 0) is 38.3 Å². The van der Waals surface area contributed by atoms with Gasteiger partial charge in [-0.15, -0.1) is 5.10 Å². The van der Waals surface area contributed by atoms with Gasteiger partial charge in [0, 0.05) is 18.3 Å². The van der Waals surface area contributed by atoms with E-state index in [1.165, 1.54) is 0 Å². The molecular formula is C13H20N4O. The number of pyridine rings is 1. The van der Waals surface area contributed by atoms with Crippen molar-refractivity contribution >= 4 is 11.6 Å². The van der Waals surface area contributed by atoms with E-state index in [4.69, 9.17) is 5.11 Å².